The first-order valence-corrected chi connectivity index (χ1v) is 8.98. The summed E-state index contributed by atoms with van der Waals surface area (Å²) in [5.41, 5.74) is 7.73. The van der Waals surface area contributed by atoms with Crippen LogP contribution in [0.3, 0.4) is 0 Å². The van der Waals surface area contributed by atoms with Crippen LogP contribution in [0.2, 0.25) is 0 Å². The molecule has 1 aliphatic rings. The highest BCUT2D eigenvalue weighted by atomic mass is 16.2. The summed E-state index contributed by atoms with van der Waals surface area (Å²) in [6, 6.07) is 8.35. The highest BCUT2D eigenvalue weighted by Gasteiger charge is 2.26. The van der Waals surface area contributed by atoms with Crippen LogP contribution in [0.25, 0.3) is 0 Å². The minimum Gasteiger partial charge on any atom is -0.354 e. The van der Waals surface area contributed by atoms with Crippen LogP contribution in [0.15, 0.2) is 24.3 Å². The molecule has 0 radical (unpaired) electrons. The maximum Gasteiger partial charge on any atom is 0.227 e. The molecule has 0 bridgehead atoms. The van der Waals surface area contributed by atoms with Crippen LogP contribution >= 0.6 is 0 Å². The van der Waals surface area contributed by atoms with Crippen molar-refractivity contribution in [3.05, 3.63) is 35.4 Å². The second-order valence-electron chi connectivity index (χ2n) is 6.43. The largest absolute Gasteiger partial charge is 0.354 e. The number of nitrogens with two attached hydrogens (primary N) is 1. The molecule has 1 atom stereocenters. The number of benzene rings is 1. The summed E-state index contributed by atoms with van der Waals surface area (Å²) in [4.78, 5) is 26.3. The van der Waals surface area contributed by atoms with Crippen molar-refractivity contribution in [2.24, 2.45) is 5.73 Å². The average Bonchev–Trinajstić information content (AvgIpc) is 2.61. The lowest BCUT2D eigenvalue weighted by Gasteiger charge is -2.36. The third kappa shape index (κ3) is 5.34. The predicted molar refractivity (Wildman–Crippen MR) is 95.6 cm³/mol. The van der Waals surface area contributed by atoms with Crippen molar-refractivity contribution in [2.45, 2.75) is 51.5 Å². The molecular formula is C19H29N3O2. The summed E-state index contributed by atoms with van der Waals surface area (Å²) >= 11 is 0. The van der Waals surface area contributed by atoms with Gasteiger partial charge in [-0.05, 0) is 36.8 Å². The van der Waals surface area contributed by atoms with E-state index in [1.54, 1.807) is 0 Å². The van der Waals surface area contributed by atoms with E-state index in [0.717, 1.165) is 37.8 Å². The number of hydrogen-bond donors (Lipinski definition) is 2. The quantitative estimate of drug-likeness (QED) is 0.797. The number of nitrogens with zero attached hydrogens (tertiary/aromatic N) is 1. The lowest BCUT2D eigenvalue weighted by molar-refractivity contribution is -0.134. The number of amides is 2. The Morgan fingerprint density at radius 1 is 1.21 bits per heavy atom. The summed E-state index contributed by atoms with van der Waals surface area (Å²) in [5, 5.41) is 2.90. The van der Waals surface area contributed by atoms with Crippen molar-refractivity contribution in [3.8, 4) is 0 Å². The van der Waals surface area contributed by atoms with Crippen LogP contribution in [0.4, 0.5) is 0 Å². The molecule has 1 heterocycles. The lowest BCUT2D eigenvalue weighted by Crippen LogP contribution is -2.50. The maximum absolute atomic E-state index is 12.7. The van der Waals surface area contributed by atoms with E-state index in [9.17, 15) is 9.59 Å². The van der Waals surface area contributed by atoms with Gasteiger partial charge in [-0.3, -0.25) is 9.59 Å². The minimum absolute atomic E-state index is 0.0365. The average molecular weight is 331 g/mol. The highest BCUT2D eigenvalue weighted by molar-refractivity contribution is 5.79. The Balaban J connectivity index is 1.92. The summed E-state index contributed by atoms with van der Waals surface area (Å²) in [5.74, 6) is 0.114. The van der Waals surface area contributed by atoms with Crippen LogP contribution < -0.4 is 11.1 Å². The summed E-state index contributed by atoms with van der Waals surface area (Å²) in [6.45, 7) is 3.78. The van der Waals surface area contributed by atoms with E-state index < -0.39 is 0 Å². The van der Waals surface area contributed by atoms with Gasteiger partial charge in [0.15, 0.2) is 0 Å². The Bertz CT molecular complexity index is 542. The van der Waals surface area contributed by atoms with Gasteiger partial charge in [0.25, 0.3) is 0 Å². The SMILES string of the molecule is CCc1ccc(CC(=O)N2CCCCC2CNC(=O)CCN)cc1. The topological polar surface area (TPSA) is 75.4 Å². The van der Waals surface area contributed by atoms with Crippen molar-refractivity contribution in [1.82, 2.24) is 10.2 Å². The Morgan fingerprint density at radius 3 is 2.58 bits per heavy atom. The van der Waals surface area contributed by atoms with Gasteiger partial charge >= 0.3 is 0 Å². The van der Waals surface area contributed by atoms with Gasteiger partial charge in [-0.2, -0.15) is 0 Å². The molecule has 0 spiro atoms. The molecule has 0 aliphatic carbocycles. The van der Waals surface area contributed by atoms with Gasteiger partial charge in [0.1, 0.15) is 0 Å². The van der Waals surface area contributed by atoms with Crippen molar-refractivity contribution < 1.29 is 9.59 Å². The molecule has 1 aliphatic heterocycles. The molecule has 2 amide bonds. The molecular weight excluding hydrogens is 302 g/mol. The van der Waals surface area contributed by atoms with E-state index in [-0.39, 0.29) is 17.9 Å². The molecule has 5 heteroatoms. The van der Waals surface area contributed by atoms with Crippen LogP contribution in [0.5, 0.6) is 0 Å². The molecule has 1 aromatic carbocycles. The van der Waals surface area contributed by atoms with Crippen LogP contribution in [0, 0.1) is 0 Å². The van der Waals surface area contributed by atoms with Crippen LogP contribution in [-0.4, -0.2) is 42.4 Å². The van der Waals surface area contributed by atoms with E-state index >= 15 is 0 Å². The first-order valence-electron chi connectivity index (χ1n) is 8.98. The van der Waals surface area contributed by atoms with Gasteiger partial charge in [0.2, 0.25) is 11.8 Å². The standard InChI is InChI=1S/C19H29N3O2/c1-2-15-6-8-16(9-7-15)13-19(24)22-12-4-3-5-17(22)14-21-18(23)10-11-20/h6-9,17H,2-5,10-14,20H2,1H3,(H,21,23). The third-order valence-electron chi connectivity index (χ3n) is 4.64. The number of carbonyl (C=O) groups excluding carboxylic acids is 2. The number of carbonyl (C=O) groups is 2. The number of piperidine rings is 1. The Kier molecular flexibility index (Phi) is 7.25. The zero-order valence-corrected chi connectivity index (χ0v) is 14.6. The van der Waals surface area contributed by atoms with Crippen LogP contribution in [-0.2, 0) is 22.4 Å². The maximum atomic E-state index is 12.7. The number of rotatable bonds is 7. The van der Waals surface area contributed by atoms with Crippen molar-refractivity contribution in [2.75, 3.05) is 19.6 Å². The van der Waals surface area contributed by atoms with Gasteiger partial charge in [0.05, 0.1) is 6.42 Å². The Labute approximate surface area is 144 Å². The normalized spacial score (nSPS) is 17.6. The van der Waals surface area contributed by atoms with E-state index in [1.165, 1.54) is 5.56 Å². The summed E-state index contributed by atoms with van der Waals surface area (Å²) < 4.78 is 0. The molecule has 0 aromatic heterocycles. The van der Waals surface area contributed by atoms with Gasteiger partial charge < -0.3 is 16.0 Å². The molecule has 24 heavy (non-hydrogen) atoms. The van der Waals surface area contributed by atoms with Crippen molar-refractivity contribution in [3.63, 3.8) is 0 Å². The fourth-order valence-electron chi connectivity index (χ4n) is 3.16. The number of aryl methyl sites for hydroxylation is 1. The first-order chi connectivity index (χ1) is 11.6. The monoisotopic (exact) mass is 331 g/mol. The lowest BCUT2D eigenvalue weighted by atomic mass is 10.00. The zero-order chi connectivity index (χ0) is 17.4. The second kappa shape index (κ2) is 9.42. The molecule has 1 saturated heterocycles. The summed E-state index contributed by atoms with van der Waals surface area (Å²) in [7, 11) is 0. The fraction of sp³-hybridized carbons (Fsp3) is 0.579. The number of likely N-dealkylation sites (tertiary alicyclic amines) is 1. The van der Waals surface area contributed by atoms with E-state index in [4.69, 9.17) is 5.73 Å². The van der Waals surface area contributed by atoms with Crippen molar-refractivity contribution >= 4 is 11.8 Å². The number of nitrogens with one attached hydrogen (secondary N) is 1. The van der Waals surface area contributed by atoms with Gasteiger partial charge in [0, 0.05) is 32.1 Å². The predicted octanol–water partition coefficient (Wildman–Crippen LogP) is 1.64. The molecule has 1 unspecified atom stereocenters. The van der Waals surface area contributed by atoms with Gasteiger partial charge in [-0.25, -0.2) is 0 Å². The first kappa shape index (κ1) is 18.5. The van der Waals surface area contributed by atoms with Gasteiger partial charge in [-0.15, -0.1) is 0 Å². The van der Waals surface area contributed by atoms with E-state index in [2.05, 4.69) is 24.4 Å². The molecule has 1 fully saturated rings. The van der Waals surface area contributed by atoms with E-state index in [0.29, 0.717) is 25.9 Å². The van der Waals surface area contributed by atoms with Crippen LogP contribution in [0.1, 0.15) is 43.7 Å². The number of hydrogen-bond acceptors (Lipinski definition) is 3. The van der Waals surface area contributed by atoms with E-state index in [1.807, 2.05) is 17.0 Å². The third-order valence-corrected chi connectivity index (χ3v) is 4.64. The molecule has 1 aromatic rings. The minimum atomic E-state index is -0.0365. The van der Waals surface area contributed by atoms with Gasteiger partial charge in [-0.1, -0.05) is 31.2 Å². The molecule has 132 valence electrons. The second-order valence-corrected chi connectivity index (χ2v) is 6.43. The van der Waals surface area contributed by atoms with Crippen molar-refractivity contribution in [1.29, 1.82) is 0 Å². The highest BCUT2D eigenvalue weighted by Crippen LogP contribution is 2.18. The molecule has 0 saturated carbocycles. The zero-order valence-electron chi connectivity index (χ0n) is 14.6. The molecule has 3 N–H and O–H groups in total. The molecule has 5 nitrogen and oxygen atoms in total. The fourth-order valence-corrected chi connectivity index (χ4v) is 3.16. The summed E-state index contributed by atoms with van der Waals surface area (Å²) in [6.07, 6.45) is 4.86. The smallest absolute Gasteiger partial charge is 0.227 e. The Morgan fingerprint density at radius 2 is 1.92 bits per heavy atom. The molecule has 2 rings (SSSR count). The Hall–Kier alpha value is -1.88.